The topological polar surface area (TPSA) is 81.2 Å². The first-order valence-electron chi connectivity index (χ1n) is 10.2. The first-order chi connectivity index (χ1) is 15.0. The Morgan fingerprint density at radius 1 is 0.968 bits per heavy atom. The highest BCUT2D eigenvalue weighted by Crippen LogP contribution is 2.27. The molecular weight excluding hydrogens is 388 g/mol. The second-order valence-electron chi connectivity index (χ2n) is 7.86. The van der Waals surface area contributed by atoms with Crippen LogP contribution in [0.5, 0.6) is 0 Å². The van der Waals surface area contributed by atoms with Gasteiger partial charge >= 0.3 is 0 Å². The van der Waals surface area contributed by atoms with Gasteiger partial charge in [0.25, 0.3) is 5.91 Å². The van der Waals surface area contributed by atoms with Crippen LogP contribution in [-0.2, 0) is 17.8 Å². The van der Waals surface area contributed by atoms with Crippen molar-refractivity contribution in [3.05, 3.63) is 95.3 Å². The van der Waals surface area contributed by atoms with Gasteiger partial charge in [0.2, 0.25) is 5.91 Å². The number of benzene rings is 3. The molecule has 2 N–H and O–H groups in total. The number of carbonyl (C=O) groups excluding carboxylic acids is 2. The van der Waals surface area contributed by atoms with E-state index in [0.29, 0.717) is 18.5 Å². The second-order valence-corrected chi connectivity index (χ2v) is 7.86. The van der Waals surface area contributed by atoms with E-state index in [9.17, 15) is 9.59 Å². The molecule has 1 atom stereocenters. The number of rotatable bonds is 3. The van der Waals surface area contributed by atoms with E-state index in [2.05, 4.69) is 9.55 Å². The van der Waals surface area contributed by atoms with E-state index >= 15 is 0 Å². The molecule has 6 nitrogen and oxygen atoms in total. The molecule has 2 amide bonds. The van der Waals surface area contributed by atoms with E-state index in [1.165, 1.54) is 0 Å². The zero-order chi connectivity index (χ0) is 21.5. The highest BCUT2D eigenvalue weighted by atomic mass is 16.2. The molecule has 0 radical (unpaired) electrons. The Morgan fingerprint density at radius 3 is 2.42 bits per heavy atom. The lowest BCUT2D eigenvalue weighted by atomic mass is 9.93. The van der Waals surface area contributed by atoms with Crippen LogP contribution in [0.2, 0.25) is 0 Å². The molecule has 3 aromatic carbocycles. The zero-order valence-corrected chi connectivity index (χ0v) is 17.2. The Bertz CT molecular complexity index is 1310. The van der Waals surface area contributed by atoms with Crippen LogP contribution >= 0.6 is 0 Å². The Morgan fingerprint density at radius 2 is 1.68 bits per heavy atom. The molecule has 4 aromatic rings. The molecule has 1 aliphatic rings. The maximum Gasteiger partial charge on any atom is 0.254 e. The van der Waals surface area contributed by atoms with Crippen LogP contribution < -0.4 is 5.73 Å². The summed E-state index contributed by atoms with van der Waals surface area (Å²) in [7, 11) is 0. The molecular formula is C25H22N4O2. The van der Waals surface area contributed by atoms with E-state index < -0.39 is 11.9 Å². The molecule has 1 aliphatic heterocycles. The summed E-state index contributed by atoms with van der Waals surface area (Å²) in [6, 6.07) is 22.7. The molecule has 0 bridgehead atoms. The number of carbonyl (C=O) groups is 2. The molecule has 5 rings (SSSR count). The van der Waals surface area contributed by atoms with E-state index in [-0.39, 0.29) is 5.91 Å². The van der Waals surface area contributed by atoms with Gasteiger partial charge in [-0.15, -0.1) is 0 Å². The number of amides is 2. The highest BCUT2D eigenvalue weighted by molar-refractivity contribution is 6.00. The molecule has 0 spiro atoms. The minimum Gasteiger partial charge on any atom is -0.368 e. The van der Waals surface area contributed by atoms with E-state index in [4.69, 9.17) is 5.73 Å². The van der Waals surface area contributed by atoms with Crippen molar-refractivity contribution >= 4 is 22.8 Å². The van der Waals surface area contributed by atoms with Crippen LogP contribution in [0, 0.1) is 6.92 Å². The number of aryl methyl sites for hydroxylation is 1. The normalized spacial score (nSPS) is 15.6. The number of para-hydroxylation sites is 1. The lowest BCUT2D eigenvalue weighted by Gasteiger charge is -2.35. The summed E-state index contributed by atoms with van der Waals surface area (Å²) in [5.74, 6) is 0.132. The smallest absolute Gasteiger partial charge is 0.254 e. The van der Waals surface area contributed by atoms with Gasteiger partial charge in [0.15, 0.2) is 0 Å². The predicted molar refractivity (Wildman–Crippen MR) is 119 cm³/mol. The maximum absolute atomic E-state index is 13.4. The van der Waals surface area contributed by atoms with Crippen LogP contribution in [0.4, 0.5) is 0 Å². The van der Waals surface area contributed by atoms with E-state index in [0.717, 1.165) is 33.7 Å². The third-order valence-electron chi connectivity index (χ3n) is 5.92. The molecule has 6 heteroatoms. The summed E-state index contributed by atoms with van der Waals surface area (Å²) in [6.07, 6.45) is 0.432. The van der Waals surface area contributed by atoms with Crippen LogP contribution in [0.3, 0.4) is 0 Å². The summed E-state index contributed by atoms with van der Waals surface area (Å²) in [5, 5.41) is 0. The fourth-order valence-corrected chi connectivity index (χ4v) is 4.39. The van der Waals surface area contributed by atoms with Gasteiger partial charge in [0.05, 0.1) is 11.0 Å². The Hall–Kier alpha value is -3.93. The SMILES string of the molecule is Cc1nc2cc(C(=O)N3Cc4ccccc4CC3C(N)=O)ccc2n1-c1ccccc1. The van der Waals surface area contributed by atoms with Crippen molar-refractivity contribution < 1.29 is 9.59 Å². The fourth-order valence-electron chi connectivity index (χ4n) is 4.39. The number of imidazole rings is 1. The molecule has 154 valence electrons. The van der Waals surface area contributed by atoms with Crippen molar-refractivity contribution in [3.63, 3.8) is 0 Å². The van der Waals surface area contributed by atoms with Gasteiger partial charge < -0.3 is 10.6 Å². The van der Waals surface area contributed by atoms with Crippen LogP contribution in [0.15, 0.2) is 72.8 Å². The first kappa shape index (κ1) is 19.1. The van der Waals surface area contributed by atoms with E-state index in [1.54, 1.807) is 17.0 Å². The fraction of sp³-hybridized carbons (Fsp3) is 0.160. The number of nitrogens with two attached hydrogens (primary N) is 1. The zero-order valence-electron chi connectivity index (χ0n) is 17.2. The average molecular weight is 410 g/mol. The quantitative estimate of drug-likeness (QED) is 0.562. The minimum absolute atomic E-state index is 0.216. The molecule has 0 aliphatic carbocycles. The van der Waals surface area contributed by atoms with Gasteiger partial charge in [-0.1, -0.05) is 42.5 Å². The summed E-state index contributed by atoms with van der Waals surface area (Å²) in [6.45, 7) is 2.30. The molecule has 0 fully saturated rings. The summed E-state index contributed by atoms with van der Waals surface area (Å²) >= 11 is 0. The lowest BCUT2D eigenvalue weighted by Crippen LogP contribution is -2.51. The highest BCUT2D eigenvalue weighted by Gasteiger charge is 2.34. The van der Waals surface area contributed by atoms with Gasteiger partial charge in [-0.25, -0.2) is 4.98 Å². The molecule has 0 saturated heterocycles. The summed E-state index contributed by atoms with van der Waals surface area (Å²) in [4.78, 5) is 31.8. The third-order valence-corrected chi connectivity index (χ3v) is 5.92. The largest absolute Gasteiger partial charge is 0.368 e. The van der Waals surface area contributed by atoms with Gasteiger partial charge in [-0.05, 0) is 48.4 Å². The monoisotopic (exact) mass is 410 g/mol. The van der Waals surface area contributed by atoms with Crippen molar-refractivity contribution in [2.24, 2.45) is 5.73 Å². The first-order valence-corrected chi connectivity index (χ1v) is 10.2. The third kappa shape index (κ3) is 3.26. The summed E-state index contributed by atoms with van der Waals surface area (Å²) in [5.41, 5.74) is 10.9. The number of fused-ring (bicyclic) bond motifs is 2. The maximum atomic E-state index is 13.4. The molecule has 1 aromatic heterocycles. The minimum atomic E-state index is -0.665. The van der Waals surface area contributed by atoms with E-state index in [1.807, 2.05) is 67.6 Å². The Kier molecular flexibility index (Phi) is 4.55. The van der Waals surface area contributed by atoms with Gasteiger partial charge in [-0.3, -0.25) is 14.2 Å². The number of primary amides is 1. The molecule has 31 heavy (non-hydrogen) atoms. The number of hydrogen-bond donors (Lipinski definition) is 1. The Balaban J connectivity index is 1.53. The molecule has 2 heterocycles. The standard InChI is InChI=1S/C25H22N4O2/c1-16-27-21-13-18(11-12-22(21)29(16)20-9-3-2-4-10-20)25(31)28-15-19-8-6-5-7-17(19)14-23(28)24(26)30/h2-13,23H,14-15H2,1H3,(H2,26,30). The number of aromatic nitrogens is 2. The number of nitrogens with zero attached hydrogens (tertiary/aromatic N) is 3. The van der Waals surface area contributed by atoms with Crippen molar-refractivity contribution in [1.82, 2.24) is 14.5 Å². The number of hydrogen-bond acceptors (Lipinski definition) is 3. The predicted octanol–water partition coefficient (Wildman–Crippen LogP) is 3.39. The summed E-state index contributed by atoms with van der Waals surface area (Å²) < 4.78 is 2.06. The lowest BCUT2D eigenvalue weighted by molar-refractivity contribution is -0.122. The van der Waals surface area contributed by atoms with Crippen LogP contribution in [0.1, 0.15) is 27.3 Å². The Labute approximate surface area is 179 Å². The van der Waals surface area contributed by atoms with Crippen LogP contribution in [0.25, 0.3) is 16.7 Å². The van der Waals surface area contributed by atoms with Gasteiger partial charge in [0, 0.05) is 24.2 Å². The van der Waals surface area contributed by atoms with Gasteiger partial charge in [0.1, 0.15) is 11.9 Å². The van der Waals surface area contributed by atoms with Crippen molar-refractivity contribution in [2.75, 3.05) is 0 Å². The van der Waals surface area contributed by atoms with Crippen LogP contribution in [-0.4, -0.2) is 32.3 Å². The van der Waals surface area contributed by atoms with Crippen molar-refractivity contribution in [2.45, 2.75) is 25.9 Å². The molecule has 1 unspecified atom stereocenters. The second kappa shape index (κ2) is 7.40. The molecule has 0 saturated carbocycles. The van der Waals surface area contributed by atoms with Crippen molar-refractivity contribution in [3.8, 4) is 5.69 Å². The average Bonchev–Trinajstić information content (AvgIpc) is 3.13. The van der Waals surface area contributed by atoms with Gasteiger partial charge in [-0.2, -0.15) is 0 Å². The van der Waals surface area contributed by atoms with Crippen molar-refractivity contribution in [1.29, 1.82) is 0 Å².